The Morgan fingerprint density at radius 1 is 1.59 bits per heavy atom. The average Bonchev–Trinajstić information content (AvgIpc) is 2.64. The molecule has 1 heterocycles. The van der Waals surface area contributed by atoms with Crippen LogP contribution in [0.1, 0.15) is 39.3 Å². The normalized spacial score (nSPS) is 12.1. The molecule has 4 nitrogen and oxygen atoms in total. The van der Waals surface area contributed by atoms with Crippen molar-refractivity contribution in [2.45, 2.75) is 40.2 Å². The molecular weight excluding hydrogens is 216 g/mol. The maximum atomic E-state index is 11.0. The summed E-state index contributed by atoms with van der Waals surface area (Å²) in [5.74, 6) is 0.293. The summed E-state index contributed by atoms with van der Waals surface area (Å²) >= 11 is 0. The van der Waals surface area contributed by atoms with Gasteiger partial charge in [-0.2, -0.15) is 0 Å². The van der Waals surface area contributed by atoms with Crippen molar-refractivity contribution < 1.29 is 4.92 Å². The van der Waals surface area contributed by atoms with E-state index in [-0.39, 0.29) is 10.6 Å². The second-order valence-corrected chi connectivity index (χ2v) is 4.62. The molecule has 0 bridgehead atoms. The van der Waals surface area contributed by atoms with E-state index in [1.807, 2.05) is 36.7 Å². The van der Waals surface area contributed by atoms with Crippen LogP contribution in [0.3, 0.4) is 0 Å². The van der Waals surface area contributed by atoms with Crippen LogP contribution in [-0.4, -0.2) is 9.49 Å². The van der Waals surface area contributed by atoms with Crippen molar-refractivity contribution in [3.05, 3.63) is 39.8 Å². The number of rotatable bonds is 6. The fourth-order valence-corrected chi connectivity index (χ4v) is 1.78. The summed E-state index contributed by atoms with van der Waals surface area (Å²) in [7, 11) is 0. The van der Waals surface area contributed by atoms with E-state index in [0.29, 0.717) is 12.3 Å². The Balaban J connectivity index is 2.95. The Bertz CT molecular complexity index is 405. The van der Waals surface area contributed by atoms with Gasteiger partial charge in [-0.15, -0.1) is 0 Å². The minimum absolute atomic E-state index is 0.275. The Morgan fingerprint density at radius 3 is 2.82 bits per heavy atom. The molecule has 1 rings (SSSR count). The van der Waals surface area contributed by atoms with Crippen LogP contribution in [0.2, 0.25) is 0 Å². The average molecular weight is 236 g/mol. The highest BCUT2D eigenvalue weighted by atomic mass is 16.6. The molecule has 1 aromatic heterocycles. The van der Waals surface area contributed by atoms with Gasteiger partial charge in [-0.25, -0.2) is 0 Å². The van der Waals surface area contributed by atoms with Crippen LogP contribution in [0.5, 0.6) is 0 Å². The molecule has 0 aromatic carbocycles. The Morgan fingerprint density at radius 2 is 2.29 bits per heavy atom. The molecule has 0 aliphatic rings. The second kappa shape index (κ2) is 6.23. The van der Waals surface area contributed by atoms with E-state index < -0.39 is 0 Å². The highest BCUT2D eigenvalue weighted by molar-refractivity contribution is 5.47. The van der Waals surface area contributed by atoms with Crippen LogP contribution in [0.4, 0.5) is 0 Å². The van der Waals surface area contributed by atoms with Crippen LogP contribution in [-0.2, 0) is 6.54 Å². The molecule has 0 saturated heterocycles. The van der Waals surface area contributed by atoms with Gasteiger partial charge in [-0.05, 0) is 24.5 Å². The van der Waals surface area contributed by atoms with E-state index in [4.69, 9.17) is 0 Å². The van der Waals surface area contributed by atoms with Gasteiger partial charge in [0.05, 0.1) is 4.92 Å². The van der Waals surface area contributed by atoms with E-state index in [9.17, 15) is 10.1 Å². The second-order valence-electron chi connectivity index (χ2n) is 4.62. The van der Waals surface area contributed by atoms with Crippen molar-refractivity contribution in [3.63, 3.8) is 0 Å². The highest BCUT2D eigenvalue weighted by Gasteiger charge is 2.13. The lowest BCUT2D eigenvalue weighted by Crippen LogP contribution is -2.04. The van der Waals surface area contributed by atoms with Gasteiger partial charge in [0, 0.05) is 30.9 Å². The maximum Gasteiger partial charge on any atom is 0.248 e. The molecule has 0 aliphatic heterocycles. The van der Waals surface area contributed by atoms with Crippen LogP contribution >= 0.6 is 0 Å². The number of hydrogen-bond acceptors (Lipinski definition) is 2. The SMILES string of the molecule is CCCn1cccc1C=C(CC(C)C)[N+](=O)[O-]. The van der Waals surface area contributed by atoms with Gasteiger partial charge in [-0.1, -0.05) is 20.8 Å². The quantitative estimate of drug-likeness (QED) is 0.560. The van der Waals surface area contributed by atoms with E-state index in [1.54, 1.807) is 6.08 Å². The van der Waals surface area contributed by atoms with Crippen molar-refractivity contribution in [1.29, 1.82) is 0 Å². The van der Waals surface area contributed by atoms with Crippen molar-refractivity contribution in [1.82, 2.24) is 4.57 Å². The number of nitrogens with zero attached hydrogens (tertiary/aromatic N) is 2. The Labute approximate surface area is 102 Å². The topological polar surface area (TPSA) is 48.1 Å². The smallest absolute Gasteiger partial charge is 0.248 e. The lowest BCUT2D eigenvalue weighted by molar-refractivity contribution is -0.427. The monoisotopic (exact) mass is 236 g/mol. The lowest BCUT2D eigenvalue weighted by atomic mass is 10.1. The molecule has 0 radical (unpaired) electrons. The zero-order valence-electron chi connectivity index (χ0n) is 10.7. The third kappa shape index (κ3) is 4.06. The summed E-state index contributed by atoms with van der Waals surface area (Å²) in [6.45, 7) is 6.96. The van der Waals surface area contributed by atoms with E-state index >= 15 is 0 Å². The van der Waals surface area contributed by atoms with Gasteiger partial charge < -0.3 is 4.57 Å². The summed E-state index contributed by atoms with van der Waals surface area (Å²) in [4.78, 5) is 10.7. The predicted octanol–water partition coefficient (Wildman–Crippen LogP) is 3.56. The first kappa shape index (κ1) is 13.5. The largest absolute Gasteiger partial charge is 0.348 e. The number of aromatic nitrogens is 1. The number of nitro groups is 1. The molecule has 94 valence electrons. The summed E-state index contributed by atoms with van der Waals surface area (Å²) in [6.07, 6.45) is 5.18. The fourth-order valence-electron chi connectivity index (χ4n) is 1.78. The number of aryl methyl sites for hydroxylation is 1. The summed E-state index contributed by atoms with van der Waals surface area (Å²) < 4.78 is 2.05. The molecular formula is C13H20N2O2. The van der Waals surface area contributed by atoms with Crippen molar-refractivity contribution in [2.75, 3.05) is 0 Å². The molecule has 0 aliphatic carbocycles. The Hall–Kier alpha value is -1.58. The fraction of sp³-hybridized carbons (Fsp3) is 0.538. The lowest BCUT2D eigenvalue weighted by Gasteiger charge is -2.05. The van der Waals surface area contributed by atoms with Crippen molar-refractivity contribution in [3.8, 4) is 0 Å². The molecule has 0 spiro atoms. The first-order valence-electron chi connectivity index (χ1n) is 6.04. The molecule has 1 aromatic rings. The first-order valence-corrected chi connectivity index (χ1v) is 6.04. The maximum absolute atomic E-state index is 11.0. The molecule has 4 heteroatoms. The van der Waals surface area contributed by atoms with Crippen LogP contribution in [0, 0.1) is 16.0 Å². The molecule has 0 saturated carbocycles. The third-order valence-electron chi connectivity index (χ3n) is 2.50. The van der Waals surface area contributed by atoms with Crippen molar-refractivity contribution >= 4 is 6.08 Å². The molecule has 0 atom stereocenters. The summed E-state index contributed by atoms with van der Waals surface area (Å²) in [6, 6.07) is 3.84. The first-order chi connectivity index (χ1) is 8.04. The standard InChI is InChI=1S/C13H20N2O2/c1-4-7-14-8-5-6-12(14)10-13(15(16)17)9-11(2)3/h5-6,8,10-11H,4,7,9H2,1-3H3. The Kier molecular flexibility index (Phi) is 4.94. The van der Waals surface area contributed by atoms with E-state index in [1.165, 1.54) is 0 Å². The zero-order valence-corrected chi connectivity index (χ0v) is 10.7. The molecule has 0 fully saturated rings. The third-order valence-corrected chi connectivity index (χ3v) is 2.50. The number of allylic oxidation sites excluding steroid dienone is 1. The van der Waals surface area contributed by atoms with Gasteiger partial charge >= 0.3 is 0 Å². The van der Waals surface area contributed by atoms with Gasteiger partial charge in [0.25, 0.3) is 0 Å². The molecule has 0 unspecified atom stereocenters. The highest BCUT2D eigenvalue weighted by Crippen LogP contribution is 2.16. The van der Waals surface area contributed by atoms with Crippen LogP contribution in [0.15, 0.2) is 24.0 Å². The van der Waals surface area contributed by atoms with Crippen molar-refractivity contribution in [2.24, 2.45) is 5.92 Å². The predicted molar refractivity (Wildman–Crippen MR) is 69.1 cm³/mol. The van der Waals surface area contributed by atoms with Gasteiger partial charge in [0.2, 0.25) is 5.70 Å². The molecule has 0 N–H and O–H groups in total. The van der Waals surface area contributed by atoms with E-state index in [2.05, 4.69) is 6.92 Å². The van der Waals surface area contributed by atoms with Gasteiger partial charge in [0.1, 0.15) is 0 Å². The van der Waals surface area contributed by atoms with Gasteiger partial charge in [-0.3, -0.25) is 10.1 Å². The minimum Gasteiger partial charge on any atom is -0.348 e. The van der Waals surface area contributed by atoms with Crippen LogP contribution in [0.25, 0.3) is 6.08 Å². The number of hydrogen-bond donors (Lipinski definition) is 0. The van der Waals surface area contributed by atoms with Crippen LogP contribution < -0.4 is 0 Å². The van der Waals surface area contributed by atoms with Gasteiger partial charge in [0.15, 0.2) is 0 Å². The summed E-state index contributed by atoms with van der Waals surface area (Å²) in [5.41, 5.74) is 1.20. The minimum atomic E-state index is -0.275. The van der Waals surface area contributed by atoms with E-state index in [0.717, 1.165) is 18.7 Å². The molecule has 17 heavy (non-hydrogen) atoms. The zero-order chi connectivity index (χ0) is 12.8. The molecule has 0 amide bonds. The summed E-state index contributed by atoms with van der Waals surface area (Å²) in [5, 5.41) is 11.0.